The van der Waals surface area contributed by atoms with Crippen LogP contribution in [0.4, 0.5) is 0 Å². The maximum Gasteiger partial charge on any atom is 0.127 e. The molecule has 27 heavy (non-hydrogen) atoms. The topological polar surface area (TPSA) is 30.9 Å². The summed E-state index contributed by atoms with van der Waals surface area (Å²) in [6.45, 7) is 12.4. The Balaban J connectivity index is 1.62. The lowest BCUT2D eigenvalue weighted by molar-refractivity contribution is 0.194. The van der Waals surface area contributed by atoms with Gasteiger partial charge in [-0.15, -0.1) is 0 Å². The molecular weight excluding hydrogens is 332 g/mol. The van der Waals surface area contributed by atoms with Gasteiger partial charge in [0.15, 0.2) is 0 Å². The quantitative estimate of drug-likeness (QED) is 0.865. The Kier molecular flexibility index (Phi) is 5.16. The van der Waals surface area contributed by atoms with Crippen LogP contribution < -0.4 is 5.32 Å². The zero-order valence-corrected chi connectivity index (χ0v) is 17.2. The molecule has 0 bridgehead atoms. The molecule has 1 N–H and O–H groups in total. The van der Waals surface area contributed by atoms with E-state index in [2.05, 4.69) is 79.2 Å². The second-order valence-corrected chi connectivity index (χ2v) is 9.16. The van der Waals surface area contributed by atoms with Crippen molar-refractivity contribution < 1.29 is 0 Å². The summed E-state index contributed by atoms with van der Waals surface area (Å²) in [5.41, 5.74) is 1.43. The summed E-state index contributed by atoms with van der Waals surface area (Å²) in [5.74, 6) is 3.80. The van der Waals surface area contributed by atoms with Crippen LogP contribution in [-0.2, 0) is 6.42 Å². The van der Waals surface area contributed by atoms with Crippen molar-refractivity contribution >= 4 is 5.84 Å². The first-order valence-electron chi connectivity index (χ1n) is 10.6. The molecule has 3 heterocycles. The van der Waals surface area contributed by atoms with E-state index in [1.165, 1.54) is 23.6 Å². The minimum atomic E-state index is 0.482. The third-order valence-corrected chi connectivity index (χ3v) is 6.17. The first-order chi connectivity index (χ1) is 13.0. The van der Waals surface area contributed by atoms with Gasteiger partial charge in [-0.25, -0.2) is 0 Å². The molecule has 3 aliphatic rings. The third-order valence-electron chi connectivity index (χ3n) is 6.17. The van der Waals surface area contributed by atoms with Gasteiger partial charge in [-0.3, -0.25) is 4.99 Å². The van der Waals surface area contributed by atoms with E-state index in [1.807, 2.05) is 0 Å². The largest absolute Gasteiger partial charge is 0.367 e. The standard InChI is InChI=1S/C23H34N4/c1-16(2)10-19-14-26-20(11-18-8-6-5-7-9-18)15-27-21(17(3)4)13-24-22(27)12-23(26)25-19/h5-9,12,16-17,19-21,25H,10-11,13-15H2,1-4H3/t19-,20-,21+/m1/s1. The highest BCUT2D eigenvalue weighted by atomic mass is 15.4. The van der Waals surface area contributed by atoms with Crippen molar-refractivity contribution in [2.75, 3.05) is 19.6 Å². The highest BCUT2D eigenvalue weighted by Crippen LogP contribution is 2.29. The Morgan fingerprint density at radius 3 is 2.56 bits per heavy atom. The van der Waals surface area contributed by atoms with Crippen molar-refractivity contribution in [3.63, 3.8) is 0 Å². The predicted molar refractivity (Wildman–Crippen MR) is 113 cm³/mol. The Hall–Kier alpha value is -1.97. The molecule has 0 aliphatic carbocycles. The van der Waals surface area contributed by atoms with E-state index in [0.29, 0.717) is 30.0 Å². The van der Waals surface area contributed by atoms with Crippen molar-refractivity contribution in [1.82, 2.24) is 15.1 Å². The fourth-order valence-electron chi connectivity index (χ4n) is 4.83. The summed E-state index contributed by atoms with van der Waals surface area (Å²) in [5, 5.41) is 3.82. The molecule has 1 fully saturated rings. The van der Waals surface area contributed by atoms with Crippen LogP contribution in [0.25, 0.3) is 0 Å². The molecule has 4 rings (SSSR count). The summed E-state index contributed by atoms with van der Waals surface area (Å²) in [6, 6.07) is 12.5. The molecule has 0 spiro atoms. The van der Waals surface area contributed by atoms with E-state index in [1.54, 1.807) is 0 Å². The summed E-state index contributed by atoms with van der Waals surface area (Å²) in [7, 11) is 0. The Labute approximate surface area is 164 Å². The van der Waals surface area contributed by atoms with E-state index in [4.69, 9.17) is 4.99 Å². The minimum Gasteiger partial charge on any atom is -0.367 e. The average molecular weight is 367 g/mol. The van der Waals surface area contributed by atoms with Crippen LogP contribution >= 0.6 is 0 Å². The van der Waals surface area contributed by atoms with Crippen molar-refractivity contribution in [3.05, 3.63) is 47.8 Å². The van der Waals surface area contributed by atoms with Crippen LogP contribution in [0, 0.1) is 11.8 Å². The van der Waals surface area contributed by atoms with E-state index in [0.717, 1.165) is 26.1 Å². The number of amidine groups is 1. The number of hydrogen-bond acceptors (Lipinski definition) is 4. The van der Waals surface area contributed by atoms with E-state index in [-0.39, 0.29) is 0 Å². The third kappa shape index (κ3) is 3.85. The SMILES string of the molecule is CC(C)C[C@@H]1CN2C(=CC3=NC[C@@H](C(C)C)N3C[C@H]2Cc2ccccc2)N1. The summed E-state index contributed by atoms with van der Waals surface area (Å²) < 4.78 is 0. The van der Waals surface area contributed by atoms with Crippen molar-refractivity contribution in [2.24, 2.45) is 16.8 Å². The van der Waals surface area contributed by atoms with Gasteiger partial charge >= 0.3 is 0 Å². The van der Waals surface area contributed by atoms with Gasteiger partial charge in [-0.1, -0.05) is 58.0 Å². The van der Waals surface area contributed by atoms with Gasteiger partial charge in [0, 0.05) is 25.2 Å². The Morgan fingerprint density at radius 2 is 1.85 bits per heavy atom. The molecule has 0 amide bonds. The predicted octanol–water partition coefficient (Wildman–Crippen LogP) is 3.51. The number of nitrogens with one attached hydrogen (secondary N) is 1. The first-order valence-corrected chi connectivity index (χ1v) is 10.6. The molecule has 3 atom stereocenters. The molecular formula is C23H34N4. The number of hydrogen-bond donors (Lipinski definition) is 1. The van der Waals surface area contributed by atoms with Crippen LogP contribution in [0.15, 0.2) is 47.2 Å². The molecule has 0 radical (unpaired) electrons. The van der Waals surface area contributed by atoms with Crippen molar-refractivity contribution in [1.29, 1.82) is 0 Å². The molecule has 0 unspecified atom stereocenters. The highest BCUT2D eigenvalue weighted by Gasteiger charge is 2.39. The highest BCUT2D eigenvalue weighted by molar-refractivity contribution is 5.95. The molecule has 1 aromatic carbocycles. The van der Waals surface area contributed by atoms with Crippen molar-refractivity contribution in [3.8, 4) is 0 Å². The van der Waals surface area contributed by atoms with Gasteiger partial charge in [0.2, 0.25) is 0 Å². The monoisotopic (exact) mass is 366 g/mol. The lowest BCUT2D eigenvalue weighted by atomic mass is 10.00. The van der Waals surface area contributed by atoms with Gasteiger partial charge in [0.05, 0.1) is 18.6 Å². The fraction of sp³-hybridized carbons (Fsp3) is 0.609. The zero-order valence-electron chi connectivity index (χ0n) is 17.2. The summed E-state index contributed by atoms with van der Waals surface area (Å²) >= 11 is 0. The molecule has 4 nitrogen and oxygen atoms in total. The smallest absolute Gasteiger partial charge is 0.127 e. The average Bonchev–Trinajstić information content (AvgIpc) is 3.16. The van der Waals surface area contributed by atoms with Gasteiger partial charge in [0.1, 0.15) is 11.7 Å². The van der Waals surface area contributed by atoms with Gasteiger partial charge in [-0.2, -0.15) is 0 Å². The molecule has 146 valence electrons. The fourth-order valence-corrected chi connectivity index (χ4v) is 4.83. The van der Waals surface area contributed by atoms with Gasteiger partial charge < -0.3 is 15.1 Å². The molecule has 1 aromatic rings. The number of nitrogens with zero attached hydrogens (tertiary/aromatic N) is 3. The Morgan fingerprint density at radius 1 is 1.07 bits per heavy atom. The molecule has 1 saturated heterocycles. The first kappa shape index (κ1) is 18.4. The maximum atomic E-state index is 4.91. The minimum absolute atomic E-state index is 0.482. The zero-order chi connectivity index (χ0) is 19.0. The lowest BCUT2D eigenvalue weighted by Gasteiger charge is -2.35. The number of rotatable bonds is 5. The van der Waals surface area contributed by atoms with Gasteiger partial charge in [-0.05, 0) is 30.2 Å². The second kappa shape index (κ2) is 7.57. The Bertz CT molecular complexity index is 706. The van der Waals surface area contributed by atoms with E-state index >= 15 is 0 Å². The van der Waals surface area contributed by atoms with Gasteiger partial charge in [0.25, 0.3) is 0 Å². The lowest BCUT2D eigenvalue weighted by Crippen LogP contribution is -2.47. The molecule has 0 aromatic heterocycles. The van der Waals surface area contributed by atoms with E-state index < -0.39 is 0 Å². The summed E-state index contributed by atoms with van der Waals surface area (Å²) in [4.78, 5) is 10.1. The molecule has 4 heteroatoms. The van der Waals surface area contributed by atoms with E-state index in [9.17, 15) is 0 Å². The second-order valence-electron chi connectivity index (χ2n) is 9.16. The van der Waals surface area contributed by atoms with Crippen LogP contribution in [-0.4, -0.2) is 53.4 Å². The van der Waals surface area contributed by atoms with Crippen molar-refractivity contribution in [2.45, 2.75) is 58.7 Å². The van der Waals surface area contributed by atoms with Crippen LogP contribution in [0.2, 0.25) is 0 Å². The van der Waals surface area contributed by atoms with Crippen LogP contribution in [0.5, 0.6) is 0 Å². The molecule has 3 aliphatic heterocycles. The van der Waals surface area contributed by atoms with Crippen LogP contribution in [0.1, 0.15) is 39.7 Å². The maximum absolute atomic E-state index is 4.91. The van der Waals surface area contributed by atoms with Crippen LogP contribution in [0.3, 0.4) is 0 Å². The normalized spacial score (nSPS) is 27.3. The summed E-state index contributed by atoms with van der Waals surface area (Å²) in [6.07, 6.45) is 4.62. The number of aliphatic imine (C=N–C) groups is 1. The molecule has 0 saturated carbocycles. The number of fused-ring (bicyclic) bond motifs is 2. The number of benzene rings is 1.